The van der Waals surface area contributed by atoms with Gasteiger partial charge < -0.3 is 0 Å². The lowest BCUT2D eigenvalue weighted by molar-refractivity contribution is 0.548. The van der Waals surface area contributed by atoms with E-state index in [4.69, 9.17) is 0 Å². The third-order valence-electron chi connectivity index (χ3n) is 5.96. The highest BCUT2D eigenvalue weighted by molar-refractivity contribution is 5.81. The second kappa shape index (κ2) is 9.96. The first kappa shape index (κ1) is 27.4. The van der Waals surface area contributed by atoms with Crippen molar-refractivity contribution in [3.05, 3.63) is 58.7 Å². The van der Waals surface area contributed by atoms with Crippen LogP contribution in [0.2, 0.25) is 0 Å². The van der Waals surface area contributed by atoms with Crippen LogP contribution in [-0.4, -0.2) is 0 Å². The molecule has 29 heavy (non-hydrogen) atoms. The molecular formula is C29H48. The summed E-state index contributed by atoms with van der Waals surface area (Å²) in [5.74, 6) is 0. The molecule has 0 radical (unpaired) electrons. The average molecular weight is 397 g/mol. The van der Waals surface area contributed by atoms with E-state index in [-0.39, 0.29) is 23.7 Å². The molecule has 2 aromatic carbocycles. The Hall–Kier alpha value is -1.56. The summed E-state index contributed by atoms with van der Waals surface area (Å²) in [7, 11) is 0. The van der Waals surface area contributed by atoms with Gasteiger partial charge in [-0.25, -0.2) is 0 Å². The van der Waals surface area contributed by atoms with Crippen LogP contribution in [0.15, 0.2) is 36.4 Å². The second-order valence-electron chi connectivity index (χ2n) is 9.71. The molecule has 0 fully saturated rings. The topological polar surface area (TPSA) is 0 Å². The lowest BCUT2D eigenvalue weighted by Crippen LogP contribution is -2.22. The largest absolute Gasteiger partial charge is 0.0776 e. The van der Waals surface area contributed by atoms with Gasteiger partial charge in [-0.05, 0) is 50.6 Å². The SMILES string of the molecule is C.CC.CC.CCC1(C)c2cc(C(C)(C)C)ccc2-c2ccc(C(C)(C)C)cc21. The lowest BCUT2D eigenvalue weighted by atomic mass is 9.74. The maximum Gasteiger partial charge on any atom is 0.0184 e. The summed E-state index contributed by atoms with van der Waals surface area (Å²) in [6, 6.07) is 14.3. The summed E-state index contributed by atoms with van der Waals surface area (Å²) < 4.78 is 0. The second-order valence-corrected chi connectivity index (χ2v) is 9.71. The van der Waals surface area contributed by atoms with Crippen LogP contribution in [0.25, 0.3) is 11.1 Å². The van der Waals surface area contributed by atoms with Crippen molar-refractivity contribution in [2.45, 2.75) is 113 Å². The molecule has 0 amide bonds. The molecule has 3 rings (SSSR count). The fraction of sp³-hybridized carbons (Fsp3) is 0.586. The normalized spacial score (nSPS) is 13.7. The van der Waals surface area contributed by atoms with Crippen molar-refractivity contribution >= 4 is 0 Å². The first-order valence-electron chi connectivity index (χ1n) is 11.3. The van der Waals surface area contributed by atoms with E-state index in [1.807, 2.05) is 27.7 Å². The predicted octanol–water partition coefficient (Wildman–Crippen LogP) is 9.67. The maximum absolute atomic E-state index is 2.47. The number of rotatable bonds is 1. The Kier molecular flexibility index (Phi) is 9.43. The van der Waals surface area contributed by atoms with E-state index in [1.54, 1.807) is 0 Å². The minimum Gasteiger partial charge on any atom is -0.0776 e. The van der Waals surface area contributed by atoms with Gasteiger partial charge in [0, 0.05) is 5.41 Å². The summed E-state index contributed by atoms with van der Waals surface area (Å²) >= 11 is 0. The number of fused-ring (bicyclic) bond motifs is 3. The van der Waals surface area contributed by atoms with Gasteiger partial charge in [-0.1, -0.05) is 127 Å². The van der Waals surface area contributed by atoms with E-state index >= 15 is 0 Å². The summed E-state index contributed by atoms with van der Waals surface area (Å²) in [5.41, 5.74) is 9.26. The van der Waals surface area contributed by atoms with Gasteiger partial charge in [-0.3, -0.25) is 0 Å². The fourth-order valence-corrected chi connectivity index (χ4v) is 3.93. The number of hydrogen-bond donors (Lipinski definition) is 0. The first-order valence-corrected chi connectivity index (χ1v) is 11.3. The van der Waals surface area contributed by atoms with Crippen LogP contribution in [0.3, 0.4) is 0 Å². The van der Waals surface area contributed by atoms with Gasteiger partial charge in [0.05, 0.1) is 0 Å². The molecule has 0 heterocycles. The van der Waals surface area contributed by atoms with Crippen LogP contribution in [-0.2, 0) is 16.2 Å². The zero-order valence-corrected chi connectivity index (χ0v) is 20.7. The molecule has 0 nitrogen and oxygen atoms in total. The summed E-state index contributed by atoms with van der Waals surface area (Å²) in [6.07, 6.45) is 1.13. The van der Waals surface area contributed by atoms with Crippen molar-refractivity contribution in [1.82, 2.24) is 0 Å². The summed E-state index contributed by atoms with van der Waals surface area (Å²) in [4.78, 5) is 0. The molecular weight excluding hydrogens is 348 g/mol. The standard InChI is InChI=1S/C24H32.2C2H6.CH4/c1-9-24(8)20-14-16(22(2,3)4)10-12-18(20)19-13-11-17(15-21(19)24)23(5,6)7;2*1-2;/h10-15H,9H2,1-8H3;2*1-2H3;1H4. The average Bonchev–Trinajstić information content (AvgIpc) is 2.92. The Labute approximate surface area is 183 Å². The number of benzene rings is 2. The van der Waals surface area contributed by atoms with Gasteiger partial charge in [-0.2, -0.15) is 0 Å². The Morgan fingerprint density at radius 1 is 0.655 bits per heavy atom. The van der Waals surface area contributed by atoms with Gasteiger partial charge in [0.25, 0.3) is 0 Å². The van der Waals surface area contributed by atoms with Crippen molar-refractivity contribution in [2.24, 2.45) is 0 Å². The third-order valence-corrected chi connectivity index (χ3v) is 5.96. The van der Waals surface area contributed by atoms with Crippen molar-refractivity contribution in [3.63, 3.8) is 0 Å². The fourth-order valence-electron chi connectivity index (χ4n) is 3.93. The third kappa shape index (κ3) is 5.14. The van der Waals surface area contributed by atoms with Crippen LogP contribution in [0.5, 0.6) is 0 Å². The monoisotopic (exact) mass is 396 g/mol. The molecule has 0 aromatic heterocycles. The molecule has 0 heteroatoms. The smallest absolute Gasteiger partial charge is 0.0184 e. The van der Waals surface area contributed by atoms with Crippen LogP contribution in [0, 0.1) is 0 Å². The van der Waals surface area contributed by atoms with Crippen LogP contribution in [0.4, 0.5) is 0 Å². The van der Waals surface area contributed by atoms with Crippen LogP contribution < -0.4 is 0 Å². The highest BCUT2D eigenvalue weighted by atomic mass is 14.4. The van der Waals surface area contributed by atoms with E-state index < -0.39 is 0 Å². The molecule has 164 valence electrons. The molecule has 0 aliphatic heterocycles. The molecule has 0 spiro atoms. The quantitative estimate of drug-likeness (QED) is 0.450. The number of hydrogen-bond acceptors (Lipinski definition) is 0. The molecule has 0 saturated carbocycles. The molecule has 2 aromatic rings. The molecule has 0 atom stereocenters. The highest BCUT2D eigenvalue weighted by Gasteiger charge is 2.39. The predicted molar refractivity (Wildman–Crippen MR) is 135 cm³/mol. The van der Waals surface area contributed by atoms with E-state index in [0.29, 0.717) is 0 Å². The van der Waals surface area contributed by atoms with Gasteiger partial charge in [0.15, 0.2) is 0 Å². The van der Waals surface area contributed by atoms with Crippen molar-refractivity contribution in [2.75, 3.05) is 0 Å². The van der Waals surface area contributed by atoms with Gasteiger partial charge >= 0.3 is 0 Å². The Morgan fingerprint density at radius 2 is 0.966 bits per heavy atom. The van der Waals surface area contributed by atoms with E-state index in [2.05, 4.69) is 91.8 Å². The van der Waals surface area contributed by atoms with Crippen LogP contribution >= 0.6 is 0 Å². The molecule has 0 N–H and O–H groups in total. The van der Waals surface area contributed by atoms with E-state index in [9.17, 15) is 0 Å². The van der Waals surface area contributed by atoms with E-state index in [0.717, 1.165) is 6.42 Å². The molecule has 1 aliphatic rings. The minimum atomic E-state index is 0. The highest BCUT2D eigenvalue weighted by Crippen LogP contribution is 2.52. The van der Waals surface area contributed by atoms with Gasteiger partial charge in [0.1, 0.15) is 0 Å². The van der Waals surface area contributed by atoms with Crippen LogP contribution in [0.1, 0.15) is 119 Å². The minimum absolute atomic E-state index is 0. The maximum atomic E-state index is 2.47. The van der Waals surface area contributed by atoms with Gasteiger partial charge in [-0.15, -0.1) is 0 Å². The molecule has 0 bridgehead atoms. The lowest BCUT2D eigenvalue weighted by Gasteiger charge is -2.29. The zero-order valence-electron chi connectivity index (χ0n) is 20.7. The Balaban J connectivity index is 0.00000148. The molecule has 1 aliphatic carbocycles. The summed E-state index contributed by atoms with van der Waals surface area (Å²) in [5, 5.41) is 0. The first-order chi connectivity index (χ1) is 13.0. The Bertz CT molecular complexity index is 715. The Morgan fingerprint density at radius 3 is 1.21 bits per heavy atom. The zero-order chi connectivity index (χ0) is 21.9. The van der Waals surface area contributed by atoms with Crippen molar-refractivity contribution in [3.8, 4) is 11.1 Å². The molecule has 0 unspecified atom stereocenters. The summed E-state index contributed by atoms with van der Waals surface area (Å²) in [6.45, 7) is 26.6. The molecule has 0 saturated heterocycles. The van der Waals surface area contributed by atoms with Gasteiger partial charge in [0.2, 0.25) is 0 Å². The van der Waals surface area contributed by atoms with E-state index in [1.165, 1.54) is 33.4 Å². The van der Waals surface area contributed by atoms with Crippen molar-refractivity contribution < 1.29 is 0 Å². The van der Waals surface area contributed by atoms with Crippen molar-refractivity contribution in [1.29, 1.82) is 0 Å².